The first kappa shape index (κ1) is 29.0. The number of aromatic nitrogens is 1. The zero-order chi connectivity index (χ0) is 29.4. The number of nitrogens with zero attached hydrogens (tertiary/aromatic N) is 3. The van der Waals surface area contributed by atoms with Crippen LogP contribution in [0.2, 0.25) is 0 Å². The van der Waals surface area contributed by atoms with Crippen molar-refractivity contribution in [2.24, 2.45) is 5.92 Å². The van der Waals surface area contributed by atoms with Crippen LogP contribution in [0.4, 0.5) is 14.5 Å². The molecule has 1 saturated carbocycles. The Labute approximate surface area is 239 Å². The van der Waals surface area contributed by atoms with Gasteiger partial charge in [0.2, 0.25) is 11.8 Å². The molecule has 2 unspecified atom stereocenters. The van der Waals surface area contributed by atoms with Gasteiger partial charge in [0.1, 0.15) is 28.6 Å². The monoisotopic (exact) mass is 584 g/mol. The van der Waals surface area contributed by atoms with Crippen molar-refractivity contribution in [2.75, 3.05) is 29.5 Å². The van der Waals surface area contributed by atoms with Crippen molar-refractivity contribution in [1.29, 1.82) is 5.26 Å². The van der Waals surface area contributed by atoms with E-state index in [1.807, 2.05) is 24.3 Å². The van der Waals surface area contributed by atoms with Crippen LogP contribution in [0.15, 0.2) is 46.9 Å². The largest absolute Gasteiger partial charge is 0.440 e. The molecule has 3 aromatic rings. The number of nitrogens with one attached hydrogen (secondary N) is 1. The van der Waals surface area contributed by atoms with Crippen LogP contribution < -0.4 is 10.2 Å². The molecule has 5 rings (SSSR count). The van der Waals surface area contributed by atoms with Crippen LogP contribution in [-0.4, -0.2) is 50.1 Å². The van der Waals surface area contributed by atoms with E-state index in [9.17, 15) is 27.9 Å². The van der Waals surface area contributed by atoms with Crippen molar-refractivity contribution >= 4 is 22.2 Å². The minimum Gasteiger partial charge on any atom is -0.440 e. The highest BCUT2D eigenvalue weighted by atomic mass is 32.3. The Hall–Kier alpha value is -3.46. The number of hydrogen-bond acceptors (Lipinski definition) is 7. The first-order chi connectivity index (χ1) is 19.5. The highest BCUT2D eigenvalue weighted by Crippen LogP contribution is 2.45. The normalized spacial score (nSPS) is 21.6. The maximum atomic E-state index is 14.8. The number of carbonyl (C=O) groups excluding carboxylic acids is 1. The summed E-state index contributed by atoms with van der Waals surface area (Å²) in [5, 5.41) is 12.3. The van der Waals surface area contributed by atoms with Crippen molar-refractivity contribution in [3.63, 3.8) is 0 Å². The van der Waals surface area contributed by atoms with E-state index in [4.69, 9.17) is 4.42 Å². The topological polar surface area (TPSA) is 123 Å². The predicted octanol–water partition coefficient (Wildman–Crippen LogP) is 6.55. The summed E-state index contributed by atoms with van der Waals surface area (Å²) < 4.78 is 54.6. The molecule has 1 aromatic heterocycles. The van der Waals surface area contributed by atoms with Crippen LogP contribution in [0.5, 0.6) is 0 Å². The Kier molecular flexibility index (Phi) is 8.10. The average molecular weight is 585 g/mol. The maximum absolute atomic E-state index is 14.8. The average Bonchev–Trinajstić information content (AvgIpc) is 3.38. The van der Waals surface area contributed by atoms with Gasteiger partial charge in [-0.05, 0) is 51.0 Å². The number of amides is 1. The molecule has 3 N–H and O–H groups in total. The zero-order valence-corrected chi connectivity index (χ0v) is 23.9. The maximum Gasteiger partial charge on any atom is 0.229 e. The number of carbonyl (C=O) groups is 1. The van der Waals surface area contributed by atoms with Gasteiger partial charge in [-0.15, -0.1) is 0 Å². The summed E-state index contributed by atoms with van der Waals surface area (Å²) in [4.78, 5) is 20.1. The summed E-state index contributed by atoms with van der Waals surface area (Å²) in [6.45, 7) is 4.35. The number of oxazole rings is 1. The van der Waals surface area contributed by atoms with Crippen LogP contribution in [0.25, 0.3) is 22.7 Å². The Morgan fingerprint density at radius 1 is 1.12 bits per heavy atom. The molecule has 218 valence electrons. The van der Waals surface area contributed by atoms with Gasteiger partial charge in [0, 0.05) is 42.2 Å². The van der Waals surface area contributed by atoms with Crippen LogP contribution in [-0.2, 0) is 4.79 Å². The Morgan fingerprint density at radius 3 is 2.46 bits per heavy atom. The molecule has 2 aliphatic rings. The lowest BCUT2D eigenvalue weighted by Crippen LogP contribution is -2.46. The molecule has 1 aliphatic carbocycles. The van der Waals surface area contributed by atoms with Gasteiger partial charge < -0.3 is 14.6 Å². The minimum absolute atomic E-state index is 0.0000926. The van der Waals surface area contributed by atoms with Crippen LogP contribution in [0.1, 0.15) is 51.2 Å². The lowest BCUT2D eigenvalue weighted by molar-refractivity contribution is -0.127. The standard InChI is InChI=1S/C30H34F2N4O4S/c1-30(2,18-33)35-28(37)23-6-4-3-5-22(23)27-26(34-29(40-27)24-12-9-20(31)17-25(24)32)19-7-10-21(11-8-19)36-13-15-41(38,39)16-14-36/h7-12,17,22-23,38-39H,3-6,13-16H2,1-2H3,(H,35,37). The van der Waals surface area contributed by atoms with Gasteiger partial charge in [-0.1, -0.05) is 25.0 Å². The van der Waals surface area contributed by atoms with E-state index in [0.29, 0.717) is 54.5 Å². The zero-order valence-electron chi connectivity index (χ0n) is 23.1. The third-order valence-corrected chi connectivity index (χ3v) is 9.52. The number of anilines is 1. The van der Waals surface area contributed by atoms with Crippen molar-refractivity contribution in [3.8, 4) is 28.8 Å². The van der Waals surface area contributed by atoms with E-state index < -0.39 is 33.7 Å². The lowest BCUT2D eigenvalue weighted by Gasteiger charge is -2.41. The first-order valence-electron chi connectivity index (χ1n) is 13.7. The fraction of sp³-hybridized carbons (Fsp3) is 0.433. The second-order valence-corrected chi connectivity index (χ2v) is 13.7. The first-order valence-corrected chi connectivity index (χ1v) is 15.6. The fourth-order valence-electron chi connectivity index (χ4n) is 5.57. The summed E-state index contributed by atoms with van der Waals surface area (Å²) in [5.74, 6) is -1.49. The molecular formula is C30H34F2N4O4S. The SMILES string of the molecule is CC(C)(C#N)NC(=O)C1CCCCC1c1oc(-c2ccc(F)cc2F)nc1-c1ccc(N2CCS(O)(O)CC2)cc1. The third-order valence-electron chi connectivity index (χ3n) is 7.85. The van der Waals surface area contributed by atoms with Crippen LogP contribution >= 0.6 is 10.6 Å². The van der Waals surface area contributed by atoms with Gasteiger partial charge in [-0.3, -0.25) is 13.9 Å². The molecule has 0 bridgehead atoms. The molecule has 41 heavy (non-hydrogen) atoms. The Balaban J connectivity index is 1.53. The molecule has 1 aliphatic heterocycles. The van der Waals surface area contributed by atoms with E-state index in [0.717, 1.165) is 30.7 Å². The van der Waals surface area contributed by atoms with E-state index in [1.165, 1.54) is 6.07 Å². The molecular weight excluding hydrogens is 550 g/mol. The number of hydrogen-bond donors (Lipinski definition) is 3. The van der Waals surface area contributed by atoms with Crippen molar-refractivity contribution in [3.05, 3.63) is 59.9 Å². The van der Waals surface area contributed by atoms with E-state index in [-0.39, 0.29) is 23.3 Å². The van der Waals surface area contributed by atoms with Crippen molar-refractivity contribution in [2.45, 2.75) is 51.0 Å². The van der Waals surface area contributed by atoms with Crippen LogP contribution in [0, 0.1) is 28.9 Å². The Bertz CT molecular complexity index is 1460. The molecule has 11 heteroatoms. The summed E-state index contributed by atoms with van der Waals surface area (Å²) in [7, 11) is -2.52. The predicted molar refractivity (Wildman–Crippen MR) is 155 cm³/mol. The van der Waals surface area contributed by atoms with E-state index >= 15 is 0 Å². The summed E-state index contributed by atoms with van der Waals surface area (Å²) >= 11 is 0. The van der Waals surface area contributed by atoms with Crippen molar-refractivity contribution in [1.82, 2.24) is 10.3 Å². The van der Waals surface area contributed by atoms with Gasteiger partial charge in [-0.25, -0.2) is 13.8 Å². The van der Waals surface area contributed by atoms with Gasteiger partial charge >= 0.3 is 0 Å². The van der Waals surface area contributed by atoms with Crippen LogP contribution in [0.3, 0.4) is 0 Å². The smallest absolute Gasteiger partial charge is 0.229 e. The second-order valence-electron chi connectivity index (χ2n) is 11.3. The second kappa shape index (κ2) is 11.4. The number of benzene rings is 2. The quantitative estimate of drug-likeness (QED) is 0.300. The highest BCUT2D eigenvalue weighted by Gasteiger charge is 2.38. The summed E-state index contributed by atoms with van der Waals surface area (Å²) in [6, 6.07) is 12.9. The van der Waals surface area contributed by atoms with Crippen molar-refractivity contribution < 1.29 is 27.1 Å². The molecule has 2 atom stereocenters. The molecule has 2 heterocycles. The number of nitriles is 1. The third kappa shape index (κ3) is 6.40. The fourth-order valence-corrected chi connectivity index (χ4v) is 6.80. The minimum atomic E-state index is -2.52. The van der Waals surface area contributed by atoms with Gasteiger partial charge in [0.05, 0.1) is 23.1 Å². The molecule has 2 aromatic carbocycles. The number of halogens is 2. The molecule has 1 amide bonds. The summed E-state index contributed by atoms with van der Waals surface area (Å²) in [6.07, 6.45) is 2.96. The van der Waals surface area contributed by atoms with Gasteiger partial charge in [-0.2, -0.15) is 15.9 Å². The molecule has 1 saturated heterocycles. The van der Waals surface area contributed by atoms with E-state index in [2.05, 4.69) is 21.3 Å². The number of rotatable bonds is 6. The lowest BCUT2D eigenvalue weighted by atomic mass is 9.76. The molecule has 0 radical (unpaired) electrons. The molecule has 8 nitrogen and oxygen atoms in total. The van der Waals surface area contributed by atoms with E-state index in [1.54, 1.807) is 13.8 Å². The highest BCUT2D eigenvalue weighted by molar-refractivity contribution is 8.24. The van der Waals surface area contributed by atoms with Gasteiger partial charge in [0.25, 0.3) is 0 Å². The van der Waals surface area contributed by atoms with Gasteiger partial charge in [0.15, 0.2) is 0 Å². The molecule has 2 fully saturated rings. The Morgan fingerprint density at radius 2 is 1.80 bits per heavy atom. The molecule has 0 spiro atoms. The summed E-state index contributed by atoms with van der Waals surface area (Å²) in [5.41, 5.74) is 1.10.